The van der Waals surface area contributed by atoms with Gasteiger partial charge in [-0.1, -0.05) is 37.3 Å². The molecule has 1 atom stereocenters. The summed E-state index contributed by atoms with van der Waals surface area (Å²) in [4.78, 5) is 30.5. The fraction of sp³-hybridized carbons (Fsp3) is 0.200. The maximum atomic E-state index is 13.1. The first-order chi connectivity index (χ1) is 14.9. The molecule has 0 saturated carbocycles. The first-order valence-corrected chi connectivity index (χ1v) is 11.0. The van der Waals surface area contributed by atoms with Gasteiger partial charge in [-0.2, -0.15) is 0 Å². The number of benzene rings is 2. The number of hydrogen-bond acceptors (Lipinski definition) is 5. The summed E-state index contributed by atoms with van der Waals surface area (Å²) in [7, 11) is 3.88. The van der Waals surface area contributed by atoms with Crippen molar-refractivity contribution in [3.05, 3.63) is 87.6 Å². The molecule has 5 nitrogen and oxygen atoms in total. The molecule has 1 unspecified atom stereocenters. The van der Waals surface area contributed by atoms with E-state index in [0.29, 0.717) is 11.3 Å². The molecule has 1 aromatic heterocycles. The molecule has 2 aromatic carbocycles. The molecule has 3 aromatic rings. The highest BCUT2D eigenvalue weighted by Gasteiger charge is 2.47. The maximum Gasteiger partial charge on any atom is 0.300 e. The highest BCUT2D eigenvalue weighted by Crippen LogP contribution is 2.43. The van der Waals surface area contributed by atoms with Gasteiger partial charge in [-0.05, 0) is 47.7 Å². The number of carbonyl (C=O) groups excluding carboxylic acids is 2. The predicted octanol–water partition coefficient (Wildman–Crippen LogP) is 5.00. The van der Waals surface area contributed by atoms with Crippen LogP contribution in [-0.4, -0.2) is 30.9 Å². The topological polar surface area (TPSA) is 60.9 Å². The van der Waals surface area contributed by atoms with Crippen LogP contribution in [0.5, 0.6) is 0 Å². The Morgan fingerprint density at radius 2 is 1.71 bits per heavy atom. The lowest BCUT2D eigenvalue weighted by molar-refractivity contribution is -0.132. The smallest absolute Gasteiger partial charge is 0.300 e. The lowest BCUT2D eigenvalue weighted by Crippen LogP contribution is -2.29. The third-order valence-electron chi connectivity index (χ3n) is 5.54. The number of aliphatic hydroxyl groups excluding tert-OH is 1. The molecule has 2 heterocycles. The van der Waals surface area contributed by atoms with E-state index in [9.17, 15) is 14.7 Å². The summed E-state index contributed by atoms with van der Waals surface area (Å²) < 4.78 is 0. The van der Waals surface area contributed by atoms with Crippen molar-refractivity contribution < 1.29 is 14.7 Å². The van der Waals surface area contributed by atoms with Crippen LogP contribution in [-0.2, 0) is 16.0 Å². The minimum atomic E-state index is -0.674. The third kappa shape index (κ3) is 3.75. The van der Waals surface area contributed by atoms with Crippen LogP contribution >= 0.6 is 11.3 Å². The SMILES string of the molecule is CCc1ccc(/C(O)=C2/C(=O)C(=O)N(c3ccc(N(C)C)cc3)C2c2cccs2)cc1. The van der Waals surface area contributed by atoms with E-state index in [2.05, 4.69) is 6.92 Å². The average Bonchev–Trinajstić information content (AvgIpc) is 3.40. The molecule has 0 spiro atoms. The van der Waals surface area contributed by atoms with Gasteiger partial charge in [0.1, 0.15) is 11.8 Å². The summed E-state index contributed by atoms with van der Waals surface area (Å²) >= 11 is 1.45. The Balaban J connectivity index is 1.85. The average molecular weight is 433 g/mol. The van der Waals surface area contributed by atoms with Crippen molar-refractivity contribution in [2.45, 2.75) is 19.4 Å². The molecular weight excluding hydrogens is 408 g/mol. The molecule has 1 amide bonds. The van der Waals surface area contributed by atoms with E-state index in [0.717, 1.165) is 22.5 Å². The summed E-state index contributed by atoms with van der Waals surface area (Å²) in [5.74, 6) is -1.46. The number of hydrogen-bond donors (Lipinski definition) is 1. The Kier molecular flexibility index (Phi) is 5.65. The van der Waals surface area contributed by atoms with Crippen molar-refractivity contribution in [1.82, 2.24) is 0 Å². The summed E-state index contributed by atoms with van der Waals surface area (Å²) in [6, 6.07) is 18.0. The minimum Gasteiger partial charge on any atom is -0.507 e. The van der Waals surface area contributed by atoms with Crippen molar-refractivity contribution in [3.8, 4) is 0 Å². The van der Waals surface area contributed by atoms with Gasteiger partial charge in [0, 0.05) is 35.9 Å². The molecule has 1 aliphatic rings. The fourth-order valence-electron chi connectivity index (χ4n) is 3.78. The maximum absolute atomic E-state index is 13.1. The van der Waals surface area contributed by atoms with Crippen LogP contribution in [0.1, 0.15) is 29.0 Å². The van der Waals surface area contributed by atoms with Crippen molar-refractivity contribution in [2.24, 2.45) is 0 Å². The Morgan fingerprint density at radius 3 is 2.26 bits per heavy atom. The number of amides is 1. The number of thiophene rings is 1. The second kappa shape index (κ2) is 8.40. The quantitative estimate of drug-likeness (QED) is 0.350. The number of nitrogens with zero attached hydrogens (tertiary/aromatic N) is 2. The van der Waals surface area contributed by atoms with E-state index in [4.69, 9.17) is 0 Å². The molecule has 1 aliphatic heterocycles. The van der Waals surface area contributed by atoms with E-state index >= 15 is 0 Å². The Bertz CT molecular complexity index is 1130. The van der Waals surface area contributed by atoms with Gasteiger partial charge in [0.15, 0.2) is 0 Å². The van der Waals surface area contributed by atoms with Gasteiger partial charge in [-0.25, -0.2) is 0 Å². The van der Waals surface area contributed by atoms with Gasteiger partial charge in [0.25, 0.3) is 11.7 Å². The molecule has 1 N–H and O–H groups in total. The normalized spacial score (nSPS) is 17.9. The highest BCUT2D eigenvalue weighted by atomic mass is 32.1. The first-order valence-electron chi connectivity index (χ1n) is 10.1. The van der Waals surface area contributed by atoms with Gasteiger partial charge in [0.2, 0.25) is 0 Å². The van der Waals surface area contributed by atoms with Crippen LogP contribution in [0.15, 0.2) is 71.6 Å². The second-order valence-electron chi connectivity index (χ2n) is 7.65. The number of carbonyl (C=O) groups is 2. The number of Topliss-reactive ketones (excluding diaryl/α,β-unsaturated/α-hetero) is 1. The summed E-state index contributed by atoms with van der Waals surface area (Å²) in [6.07, 6.45) is 0.879. The summed E-state index contributed by atoms with van der Waals surface area (Å²) in [5.41, 5.74) is 3.39. The van der Waals surface area contributed by atoms with E-state index in [1.165, 1.54) is 16.2 Å². The second-order valence-corrected chi connectivity index (χ2v) is 8.63. The molecule has 1 saturated heterocycles. The molecule has 158 valence electrons. The van der Waals surface area contributed by atoms with Crippen molar-refractivity contribution in [2.75, 3.05) is 23.9 Å². The van der Waals surface area contributed by atoms with Gasteiger partial charge in [-0.3, -0.25) is 14.5 Å². The van der Waals surface area contributed by atoms with Gasteiger partial charge in [-0.15, -0.1) is 11.3 Å². The zero-order valence-electron chi connectivity index (χ0n) is 17.7. The lowest BCUT2D eigenvalue weighted by atomic mass is 9.99. The van der Waals surface area contributed by atoms with Crippen LogP contribution in [0.3, 0.4) is 0 Å². The largest absolute Gasteiger partial charge is 0.507 e. The van der Waals surface area contributed by atoms with Crippen LogP contribution in [0, 0.1) is 0 Å². The number of ketones is 1. The number of aryl methyl sites for hydroxylation is 1. The van der Waals surface area contributed by atoms with Gasteiger partial charge < -0.3 is 10.0 Å². The zero-order chi connectivity index (χ0) is 22.1. The van der Waals surface area contributed by atoms with E-state index in [1.54, 1.807) is 12.1 Å². The monoisotopic (exact) mass is 432 g/mol. The molecule has 0 radical (unpaired) electrons. The lowest BCUT2D eigenvalue weighted by Gasteiger charge is -2.25. The van der Waals surface area contributed by atoms with E-state index in [-0.39, 0.29) is 11.3 Å². The summed E-state index contributed by atoms with van der Waals surface area (Å²) in [5, 5.41) is 13.0. The van der Waals surface area contributed by atoms with Crippen molar-refractivity contribution >= 4 is 40.2 Å². The molecule has 0 aliphatic carbocycles. The molecule has 4 rings (SSSR count). The third-order valence-corrected chi connectivity index (χ3v) is 6.46. The van der Waals surface area contributed by atoms with Gasteiger partial charge >= 0.3 is 0 Å². The van der Waals surface area contributed by atoms with Crippen LogP contribution in [0.25, 0.3) is 5.76 Å². The Hall–Kier alpha value is -3.38. The Labute approximate surface area is 185 Å². The molecular formula is C25H24N2O3S. The highest BCUT2D eigenvalue weighted by molar-refractivity contribution is 7.10. The minimum absolute atomic E-state index is 0.119. The van der Waals surface area contributed by atoms with Crippen LogP contribution in [0.4, 0.5) is 11.4 Å². The zero-order valence-corrected chi connectivity index (χ0v) is 18.5. The molecule has 6 heteroatoms. The standard InChI is InChI=1S/C25H24N2O3S/c1-4-16-7-9-17(10-8-16)23(28)21-22(20-6-5-15-31-20)27(25(30)24(21)29)19-13-11-18(12-14-19)26(2)3/h5-15,22,28H,4H2,1-3H3/b23-21-. The molecule has 1 fully saturated rings. The molecule has 31 heavy (non-hydrogen) atoms. The van der Waals surface area contributed by atoms with Crippen LogP contribution in [0.2, 0.25) is 0 Å². The number of aliphatic hydroxyl groups is 1. The van der Waals surface area contributed by atoms with Gasteiger partial charge in [0.05, 0.1) is 5.57 Å². The van der Waals surface area contributed by atoms with E-state index in [1.807, 2.05) is 72.9 Å². The number of rotatable bonds is 5. The van der Waals surface area contributed by atoms with Crippen molar-refractivity contribution in [1.29, 1.82) is 0 Å². The van der Waals surface area contributed by atoms with Crippen LogP contribution < -0.4 is 9.80 Å². The first kappa shape index (κ1) is 20.9. The van der Waals surface area contributed by atoms with E-state index < -0.39 is 17.7 Å². The Morgan fingerprint density at radius 1 is 1.03 bits per heavy atom. The predicted molar refractivity (Wildman–Crippen MR) is 126 cm³/mol. The summed E-state index contributed by atoms with van der Waals surface area (Å²) in [6.45, 7) is 2.05. The fourth-order valence-corrected chi connectivity index (χ4v) is 4.60. The molecule has 0 bridgehead atoms. The van der Waals surface area contributed by atoms with Crippen molar-refractivity contribution in [3.63, 3.8) is 0 Å². The number of anilines is 2.